The molecular weight excluding hydrogens is 344 g/mol. The van der Waals surface area contributed by atoms with Crippen molar-refractivity contribution in [2.75, 3.05) is 16.3 Å². The Morgan fingerprint density at radius 1 is 0.821 bits per heavy atom. The maximum Gasteiger partial charge on any atom is 0.187 e. The molecule has 0 aromatic heterocycles. The van der Waals surface area contributed by atoms with Crippen molar-refractivity contribution in [1.82, 2.24) is 0 Å². The molecule has 3 nitrogen and oxygen atoms in total. The predicted octanol–water partition coefficient (Wildman–Crippen LogP) is 4.90. The number of ketones is 1. The molecule has 2 heterocycles. The standard InChI is InChI=1S/C25H24N2O/c1-17-8-10-22-21(13-17)15-27-23-11-9-18(2)12-20(23)14-26(22)16-24(27)25(28)19-6-4-3-5-7-19/h3-13,24H,14-16H2,1-2H3/t24-/m0/s1. The van der Waals surface area contributed by atoms with Gasteiger partial charge in [-0.25, -0.2) is 0 Å². The van der Waals surface area contributed by atoms with Crippen LogP contribution in [0.4, 0.5) is 11.4 Å². The summed E-state index contributed by atoms with van der Waals surface area (Å²) in [6.45, 7) is 6.57. The van der Waals surface area contributed by atoms with Gasteiger partial charge in [-0.05, 0) is 37.1 Å². The molecule has 5 rings (SSSR count). The van der Waals surface area contributed by atoms with E-state index in [9.17, 15) is 4.79 Å². The van der Waals surface area contributed by atoms with Gasteiger partial charge >= 0.3 is 0 Å². The zero-order valence-electron chi connectivity index (χ0n) is 16.4. The summed E-state index contributed by atoms with van der Waals surface area (Å²) in [6.07, 6.45) is 0. The molecule has 2 bridgehead atoms. The quantitative estimate of drug-likeness (QED) is 0.602. The Hall–Kier alpha value is -3.07. The number of hydrogen-bond donors (Lipinski definition) is 0. The van der Waals surface area contributed by atoms with E-state index in [1.54, 1.807) is 0 Å². The maximum atomic E-state index is 13.5. The summed E-state index contributed by atoms with van der Waals surface area (Å²) < 4.78 is 0. The Labute approximate surface area is 166 Å². The topological polar surface area (TPSA) is 23.6 Å². The number of nitrogens with zero attached hydrogens (tertiary/aromatic N) is 2. The van der Waals surface area contributed by atoms with Crippen LogP contribution in [0.2, 0.25) is 0 Å². The summed E-state index contributed by atoms with van der Waals surface area (Å²) in [7, 11) is 0. The predicted molar refractivity (Wildman–Crippen MR) is 114 cm³/mol. The molecule has 0 saturated heterocycles. The van der Waals surface area contributed by atoms with Gasteiger partial charge in [0.25, 0.3) is 0 Å². The lowest BCUT2D eigenvalue weighted by Gasteiger charge is -2.31. The molecule has 0 amide bonds. The van der Waals surface area contributed by atoms with Crippen LogP contribution in [-0.4, -0.2) is 18.4 Å². The van der Waals surface area contributed by atoms with E-state index in [4.69, 9.17) is 0 Å². The SMILES string of the molecule is Cc1ccc2c(c1)CN1c3ccc(C)cc3CN2C[C@H]1C(=O)c1ccccc1. The summed E-state index contributed by atoms with van der Waals surface area (Å²) in [4.78, 5) is 18.2. The van der Waals surface area contributed by atoms with Crippen molar-refractivity contribution >= 4 is 17.2 Å². The van der Waals surface area contributed by atoms with Crippen molar-refractivity contribution in [2.45, 2.75) is 33.0 Å². The van der Waals surface area contributed by atoms with Crippen LogP contribution in [0.15, 0.2) is 66.7 Å². The van der Waals surface area contributed by atoms with Crippen LogP contribution >= 0.6 is 0 Å². The number of fused-ring (bicyclic) bond motifs is 7. The number of aryl methyl sites for hydroxylation is 2. The fraction of sp³-hybridized carbons (Fsp3) is 0.240. The van der Waals surface area contributed by atoms with Gasteiger partial charge in [0.15, 0.2) is 5.78 Å². The van der Waals surface area contributed by atoms with E-state index < -0.39 is 0 Å². The van der Waals surface area contributed by atoms with E-state index in [0.29, 0.717) is 6.54 Å². The van der Waals surface area contributed by atoms with E-state index in [1.807, 2.05) is 30.3 Å². The minimum Gasteiger partial charge on any atom is -0.364 e. The molecule has 0 unspecified atom stereocenters. The molecule has 2 aliphatic heterocycles. The fourth-order valence-electron chi connectivity index (χ4n) is 4.60. The van der Waals surface area contributed by atoms with E-state index >= 15 is 0 Å². The van der Waals surface area contributed by atoms with Crippen LogP contribution in [-0.2, 0) is 13.1 Å². The molecule has 28 heavy (non-hydrogen) atoms. The van der Waals surface area contributed by atoms with E-state index in [-0.39, 0.29) is 11.8 Å². The molecule has 3 aromatic carbocycles. The highest BCUT2D eigenvalue weighted by molar-refractivity contribution is 6.03. The number of anilines is 2. The highest BCUT2D eigenvalue weighted by Gasteiger charge is 2.37. The summed E-state index contributed by atoms with van der Waals surface area (Å²) in [6, 6.07) is 22.8. The minimum absolute atomic E-state index is 0.195. The number of carbonyl (C=O) groups excluding carboxylic acids is 1. The first kappa shape index (κ1) is 17.1. The molecule has 0 N–H and O–H groups in total. The molecule has 140 valence electrons. The lowest BCUT2D eigenvalue weighted by molar-refractivity contribution is 0.0960. The van der Waals surface area contributed by atoms with Crippen molar-refractivity contribution < 1.29 is 4.79 Å². The number of carbonyl (C=O) groups is 1. The summed E-state index contributed by atoms with van der Waals surface area (Å²) >= 11 is 0. The largest absolute Gasteiger partial charge is 0.364 e. The first-order chi connectivity index (χ1) is 13.6. The van der Waals surface area contributed by atoms with Crippen LogP contribution in [0.25, 0.3) is 0 Å². The second kappa shape index (κ2) is 6.52. The minimum atomic E-state index is -0.195. The molecule has 2 aliphatic rings. The number of benzene rings is 3. The zero-order chi connectivity index (χ0) is 19.3. The first-order valence-electron chi connectivity index (χ1n) is 9.90. The summed E-state index contributed by atoms with van der Waals surface area (Å²) in [5.41, 5.74) is 8.35. The molecule has 0 radical (unpaired) electrons. The normalized spacial score (nSPS) is 17.6. The van der Waals surface area contributed by atoms with Crippen molar-refractivity contribution in [2.24, 2.45) is 0 Å². The van der Waals surface area contributed by atoms with Gasteiger partial charge in [-0.1, -0.05) is 65.7 Å². The van der Waals surface area contributed by atoms with Crippen molar-refractivity contribution in [3.63, 3.8) is 0 Å². The van der Waals surface area contributed by atoms with Crippen LogP contribution in [0.3, 0.4) is 0 Å². The van der Waals surface area contributed by atoms with Gasteiger partial charge in [-0.3, -0.25) is 4.79 Å². The lowest BCUT2D eigenvalue weighted by atomic mass is 10.0. The zero-order valence-corrected chi connectivity index (χ0v) is 16.4. The van der Waals surface area contributed by atoms with E-state index in [2.05, 4.69) is 60.0 Å². The van der Waals surface area contributed by atoms with E-state index in [1.165, 1.54) is 33.6 Å². The first-order valence-corrected chi connectivity index (χ1v) is 9.90. The average Bonchev–Trinajstić information content (AvgIpc) is 2.94. The van der Waals surface area contributed by atoms with Crippen LogP contribution in [0.1, 0.15) is 32.6 Å². The van der Waals surface area contributed by atoms with Crippen molar-refractivity contribution in [1.29, 1.82) is 0 Å². The Kier molecular flexibility index (Phi) is 3.97. The third-order valence-electron chi connectivity index (χ3n) is 5.95. The van der Waals surface area contributed by atoms with Gasteiger partial charge in [0.2, 0.25) is 0 Å². The van der Waals surface area contributed by atoms with Crippen LogP contribution < -0.4 is 9.80 Å². The van der Waals surface area contributed by atoms with Gasteiger partial charge in [-0.2, -0.15) is 0 Å². The molecule has 1 atom stereocenters. The van der Waals surface area contributed by atoms with Crippen LogP contribution in [0, 0.1) is 13.8 Å². The number of rotatable bonds is 2. The second-order valence-corrected chi connectivity index (χ2v) is 8.02. The Bertz CT molecular complexity index is 1060. The molecular formula is C25H24N2O. The van der Waals surface area contributed by atoms with Crippen molar-refractivity contribution in [3.8, 4) is 0 Å². The third-order valence-corrected chi connectivity index (χ3v) is 5.95. The molecule has 3 aromatic rings. The second-order valence-electron chi connectivity index (χ2n) is 8.02. The highest BCUT2D eigenvalue weighted by Crippen LogP contribution is 2.39. The fourth-order valence-corrected chi connectivity index (χ4v) is 4.60. The molecule has 0 aliphatic carbocycles. The molecule has 0 saturated carbocycles. The van der Waals surface area contributed by atoms with Gasteiger partial charge in [0, 0.05) is 36.6 Å². The molecule has 3 heteroatoms. The van der Waals surface area contributed by atoms with Gasteiger partial charge in [0.05, 0.1) is 0 Å². The highest BCUT2D eigenvalue weighted by atomic mass is 16.1. The molecule has 0 spiro atoms. The average molecular weight is 368 g/mol. The summed E-state index contributed by atoms with van der Waals surface area (Å²) in [5.74, 6) is 0.198. The lowest BCUT2D eigenvalue weighted by Crippen LogP contribution is -2.45. The molecule has 0 fully saturated rings. The van der Waals surface area contributed by atoms with Crippen molar-refractivity contribution in [3.05, 3.63) is 94.5 Å². The Morgan fingerprint density at radius 3 is 2.18 bits per heavy atom. The Morgan fingerprint density at radius 2 is 1.46 bits per heavy atom. The third kappa shape index (κ3) is 2.78. The number of hydrogen-bond acceptors (Lipinski definition) is 3. The van der Waals surface area contributed by atoms with Gasteiger partial charge < -0.3 is 9.80 Å². The Balaban J connectivity index is 1.67. The van der Waals surface area contributed by atoms with Gasteiger partial charge in [0.1, 0.15) is 6.04 Å². The monoisotopic (exact) mass is 368 g/mol. The smallest absolute Gasteiger partial charge is 0.187 e. The van der Waals surface area contributed by atoms with Crippen LogP contribution in [0.5, 0.6) is 0 Å². The summed E-state index contributed by atoms with van der Waals surface area (Å²) in [5, 5.41) is 0. The van der Waals surface area contributed by atoms with Gasteiger partial charge in [-0.15, -0.1) is 0 Å². The maximum absolute atomic E-state index is 13.5. The number of Topliss-reactive ketones (excluding diaryl/α,β-unsaturated/α-hetero) is 1. The van der Waals surface area contributed by atoms with E-state index in [0.717, 1.165) is 18.7 Å².